The summed E-state index contributed by atoms with van der Waals surface area (Å²) in [6.45, 7) is 9.32. The molecule has 1 N–H and O–H groups in total. The van der Waals surface area contributed by atoms with Gasteiger partial charge in [0.25, 0.3) is 0 Å². The second kappa shape index (κ2) is 9.11. The fourth-order valence-electron chi connectivity index (χ4n) is 3.94. The van der Waals surface area contributed by atoms with Crippen LogP contribution in [0.2, 0.25) is 0 Å². The maximum atomic E-state index is 14.8. The average molecular weight is 435 g/mol. The molecule has 8 nitrogen and oxygen atoms in total. The van der Waals surface area contributed by atoms with Crippen molar-refractivity contribution < 1.29 is 23.5 Å². The van der Waals surface area contributed by atoms with Crippen LogP contribution in [0.25, 0.3) is 0 Å². The molecule has 0 radical (unpaired) electrons. The predicted octanol–water partition coefficient (Wildman–Crippen LogP) is 2.83. The standard InChI is InChI=1S/C22H31FN4O4/c1-15(28)27-9-5-6-19(27)20(29)24-16-7-8-18(17(23)14-16)25-10-12-26(13-11-25)21(30)31-22(2,3)4/h7-8,14,19H,5-6,9-13H2,1-4H3,(H,24,29). The zero-order chi connectivity index (χ0) is 22.8. The Morgan fingerprint density at radius 1 is 1.10 bits per heavy atom. The number of ether oxygens (including phenoxy) is 1. The maximum Gasteiger partial charge on any atom is 0.410 e. The molecule has 2 aliphatic heterocycles. The zero-order valence-corrected chi connectivity index (χ0v) is 18.6. The second-order valence-corrected chi connectivity index (χ2v) is 8.98. The van der Waals surface area contributed by atoms with Crippen LogP contribution in [0.5, 0.6) is 0 Å². The van der Waals surface area contributed by atoms with Crippen LogP contribution >= 0.6 is 0 Å². The van der Waals surface area contributed by atoms with Gasteiger partial charge in [-0.2, -0.15) is 0 Å². The first-order valence-corrected chi connectivity index (χ1v) is 10.7. The number of hydrogen-bond acceptors (Lipinski definition) is 5. The van der Waals surface area contributed by atoms with Gasteiger partial charge >= 0.3 is 6.09 Å². The highest BCUT2D eigenvalue weighted by Crippen LogP contribution is 2.26. The quantitative estimate of drug-likeness (QED) is 0.791. The lowest BCUT2D eigenvalue weighted by molar-refractivity contribution is -0.134. The normalized spacial score (nSPS) is 19.4. The third-order valence-electron chi connectivity index (χ3n) is 5.45. The van der Waals surface area contributed by atoms with Crippen LogP contribution in [0.3, 0.4) is 0 Å². The third kappa shape index (κ3) is 5.65. The summed E-state index contributed by atoms with van der Waals surface area (Å²) in [5.74, 6) is -0.881. The summed E-state index contributed by atoms with van der Waals surface area (Å²) >= 11 is 0. The van der Waals surface area contributed by atoms with E-state index in [1.165, 1.54) is 13.0 Å². The number of nitrogens with zero attached hydrogens (tertiary/aromatic N) is 3. The molecule has 0 aliphatic carbocycles. The Hall–Kier alpha value is -2.84. The smallest absolute Gasteiger partial charge is 0.410 e. The van der Waals surface area contributed by atoms with Crippen molar-refractivity contribution >= 4 is 29.3 Å². The van der Waals surface area contributed by atoms with Crippen molar-refractivity contribution in [2.24, 2.45) is 0 Å². The van der Waals surface area contributed by atoms with Crippen molar-refractivity contribution in [2.45, 2.75) is 52.2 Å². The topological polar surface area (TPSA) is 82.2 Å². The minimum atomic E-state index is -0.555. The van der Waals surface area contributed by atoms with Crippen molar-refractivity contribution in [3.8, 4) is 0 Å². The molecule has 9 heteroatoms. The molecule has 1 aromatic carbocycles. The highest BCUT2D eigenvalue weighted by Gasteiger charge is 2.32. The number of hydrogen-bond donors (Lipinski definition) is 1. The number of benzene rings is 1. The van der Waals surface area contributed by atoms with E-state index in [-0.39, 0.29) is 17.9 Å². The highest BCUT2D eigenvalue weighted by atomic mass is 19.1. The molecule has 31 heavy (non-hydrogen) atoms. The molecule has 0 saturated carbocycles. The largest absolute Gasteiger partial charge is 0.444 e. The van der Waals surface area contributed by atoms with Gasteiger partial charge in [0.1, 0.15) is 17.5 Å². The van der Waals surface area contributed by atoms with Gasteiger partial charge in [-0.1, -0.05) is 0 Å². The van der Waals surface area contributed by atoms with E-state index in [0.29, 0.717) is 50.5 Å². The second-order valence-electron chi connectivity index (χ2n) is 8.98. The number of carbonyl (C=O) groups is 3. The summed E-state index contributed by atoms with van der Waals surface area (Å²) in [7, 11) is 0. The fourth-order valence-corrected chi connectivity index (χ4v) is 3.94. The summed E-state index contributed by atoms with van der Waals surface area (Å²) in [5.41, 5.74) is 0.225. The number of anilines is 2. The third-order valence-corrected chi connectivity index (χ3v) is 5.45. The first-order chi connectivity index (χ1) is 14.5. The first-order valence-electron chi connectivity index (χ1n) is 10.7. The summed E-state index contributed by atoms with van der Waals surface area (Å²) in [6.07, 6.45) is 1.02. The first kappa shape index (κ1) is 22.8. The van der Waals surface area contributed by atoms with E-state index in [9.17, 15) is 18.8 Å². The van der Waals surface area contributed by atoms with Gasteiger partial charge < -0.3 is 24.8 Å². The van der Waals surface area contributed by atoms with Crippen LogP contribution in [-0.4, -0.2) is 72.1 Å². The van der Waals surface area contributed by atoms with Crippen LogP contribution in [-0.2, 0) is 14.3 Å². The molecule has 0 bridgehead atoms. The van der Waals surface area contributed by atoms with Crippen molar-refractivity contribution in [1.82, 2.24) is 9.80 Å². The lowest BCUT2D eigenvalue weighted by atomic mass is 10.2. The fraction of sp³-hybridized carbons (Fsp3) is 0.591. The maximum absolute atomic E-state index is 14.8. The molecule has 1 atom stereocenters. The van der Waals surface area contributed by atoms with Gasteiger partial charge in [-0.05, 0) is 51.8 Å². The molecular formula is C22H31FN4O4. The molecule has 2 aliphatic rings. The van der Waals surface area contributed by atoms with Crippen LogP contribution in [0, 0.1) is 5.82 Å². The lowest BCUT2D eigenvalue weighted by Gasteiger charge is -2.36. The molecular weight excluding hydrogens is 403 g/mol. The summed E-state index contributed by atoms with van der Waals surface area (Å²) in [6, 6.07) is 4.07. The molecule has 2 saturated heterocycles. The summed E-state index contributed by atoms with van der Waals surface area (Å²) in [4.78, 5) is 41.4. The molecule has 170 valence electrons. The number of rotatable bonds is 3. The van der Waals surface area contributed by atoms with E-state index in [1.54, 1.807) is 21.9 Å². The number of amides is 3. The molecule has 3 rings (SSSR count). The van der Waals surface area contributed by atoms with E-state index in [4.69, 9.17) is 4.74 Å². The van der Waals surface area contributed by atoms with Crippen molar-refractivity contribution in [3.63, 3.8) is 0 Å². The Kier molecular flexibility index (Phi) is 6.71. The molecule has 1 unspecified atom stereocenters. The number of halogens is 1. The van der Waals surface area contributed by atoms with E-state index in [2.05, 4.69) is 5.32 Å². The summed E-state index contributed by atoms with van der Waals surface area (Å²) < 4.78 is 20.2. The molecule has 2 heterocycles. The molecule has 3 amide bonds. The Bertz CT molecular complexity index is 846. The van der Waals surface area contributed by atoms with Crippen molar-refractivity contribution in [2.75, 3.05) is 42.9 Å². The summed E-state index contributed by atoms with van der Waals surface area (Å²) in [5, 5.41) is 2.72. The van der Waals surface area contributed by atoms with E-state index >= 15 is 0 Å². The van der Waals surface area contributed by atoms with Gasteiger partial charge in [0, 0.05) is 45.3 Å². The van der Waals surface area contributed by atoms with Gasteiger partial charge in [0.05, 0.1) is 5.69 Å². The Labute approximate surface area is 182 Å². The zero-order valence-electron chi connectivity index (χ0n) is 18.6. The SMILES string of the molecule is CC(=O)N1CCCC1C(=O)Nc1ccc(N2CCN(C(=O)OC(C)(C)C)CC2)c(F)c1. The molecule has 0 aromatic heterocycles. The molecule has 0 spiro atoms. The Balaban J connectivity index is 1.58. The van der Waals surface area contributed by atoms with E-state index < -0.39 is 17.5 Å². The number of carbonyl (C=O) groups excluding carboxylic acids is 3. The van der Waals surface area contributed by atoms with Crippen LogP contribution in [0.1, 0.15) is 40.5 Å². The van der Waals surface area contributed by atoms with E-state index in [0.717, 1.165) is 6.42 Å². The van der Waals surface area contributed by atoms with Crippen LogP contribution in [0.15, 0.2) is 18.2 Å². The number of likely N-dealkylation sites (tertiary alicyclic amines) is 1. The monoisotopic (exact) mass is 434 g/mol. The Morgan fingerprint density at radius 3 is 2.35 bits per heavy atom. The van der Waals surface area contributed by atoms with Gasteiger partial charge in [0.15, 0.2) is 0 Å². The van der Waals surface area contributed by atoms with Gasteiger partial charge in [-0.3, -0.25) is 9.59 Å². The molecule has 1 aromatic rings. The van der Waals surface area contributed by atoms with Gasteiger partial charge in [-0.25, -0.2) is 9.18 Å². The average Bonchev–Trinajstić information content (AvgIpc) is 3.17. The number of piperazine rings is 1. The minimum absolute atomic E-state index is 0.135. The highest BCUT2D eigenvalue weighted by molar-refractivity contribution is 5.97. The predicted molar refractivity (Wildman–Crippen MR) is 115 cm³/mol. The van der Waals surface area contributed by atoms with Crippen molar-refractivity contribution in [1.29, 1.82) is 0 Å². The van der Waals surface area contributed by atoms with Gasteiger partial charge in [0.2, 0.25) is 11.8 Å². The van der Waals surface area contributed by atoms with Crippen LogP contribution < -0.4 is 10.2 Å². The lowest BCUT2D eigenvalue weighted by Crippen LogP contribution is -2.50. The van der Waals surface area contributed by atoms with Crippen molar-refractivity contribution in [3.05, 3.63) is 24.0 Å². The molecule has 2 fully saturated rings. The Morgan fingerprint density at radius 2 is 1.77 bits per heavy atom. The number of nitrogens with one attached hydrogen (secondary N) is 1. The van der Waals surface area contributed by atoms with Crippen LogP contribution in [0.4, 0.5) is 20.6 Å². The minimum Gasteiger partial charge on any atom is -0.444 e. The van der Waals surface area contributed by atoms with Gasteiger partial charge in [-0.15, -0.1) is 0 Å². The van der Waals surface area contributed by atoms with E-state index in [1.807, 2.05) is 25.7 Å².